The minimum Gasteiger partial charge on any atom is -0.478 e. The predicted molar refractivity (Wildman–Crippen MR) is 84.0 cm³/mol. The topological polar surface area (TPSA) is 89.7 Å². The minimum absolute atomic E-state index is 0.00723. The van der Waals surface area contributed by atoms with Crippen molar-refractivity contribution in [1.29, 1.82) is 0 Å². The Kier molecular flexibility index (Phi) is 4.41. The molecule has 2 rings (SSSR count). The normalized spacial score (nSPS) is 10.2. The Bertz CT molecular complexity index is 729. The van der Waals surface area contributed by atoms with E-state index >= 15 is 0 Å². The number of nitro benzene ring substituents is 1. The second-order valence-corrected chi connectivity index (χ2v) is 5.45. The number of benzene rings is 2. The van der Waals surface area contributed by atoms with Gasteiger partial charge in [0, 0.05) is 9.64 Å². The van der Waals surface area contributed by atoms with Gasteiger partial charge in [-0.15, -0.1) is 0 Å². The van der Waals surface area contributed by atoms with Crippen LogP contribution in [0.3, 0.4) is 0 Å². The molecular weight excluding hydrogens is 389 g/mol. The summed E-state index contributed by atoms with van der Waals surface area (Å²) in [5.41, 5.74) is 0.278. The van der Waals surface area contributed by atoms with Crippen molar-refractivity contribution >= 4 is 34.2 Å². The Balaban J connectivity index is 2.46. The zero-order valence-corrected chi connectivity index (χ0v) is 13.0. The number of nitrogens with zero attached hydrogens (tertiary/aromatic N) is 1. The number of carboxylic acid groups (broad SMARTS) is 1. The van der Waals surface area contributed by atoms with Crippen LogP contribution in [0.5, 0.6) is 11.5 Å². The Morgan fingerprint density at radius 3 is 2.62 bits per heavy atom. The third kappa shape index (κ3) is 3.30. The molecule has 108 valence electrons. The molecule has 7 heteroatoms. The van der Waals surface area contributed by atoms with E-state index in [4.69, 9.17) is 4.74 Å². The summed E-state index contributed by atoms with van der Waals surface area (Å²) in [4.78, 5) is 21.6. The van der Waals surface area contributed by atoms with E-state index in [0.717, 1.165) is 3.57 Å². The van der Waals surface area contributed by atoms with Crippen LogP contribution in [0, 0.1) is 20.6 Å². The predicted octanol–water partition coefficient (Wildman–Crippen LogP) is 4.00. The van der Waals surface area contributed by atoms with Crippen molar-refractivity contribution < 1.29 is 19.6 Å². The summed E-state index contributed by atoms with van der Waals surface area (Å²) < 4.78 is 6.32. The van der Waals surface area contributed by atoms with Gasteiger partial charge in [0.1, 0.15) is 17.1 Å². The lowest BCUT2D eigenvalue weighted by Gasteiger charge is -2.11. The minimum atomic E-state index is -1.12. The first-order chi connectivity index (χ1) is 9.90. The first-order valence-electron chi connectivity index (χ1n) is 5.85. The van der Waals surface area contributed by atoms with E-state index in [1.54, 1.807) is 19.1 Å². The van der Waals surface area contributed by atoms with Crippen LogP contribution in [0.1, 0.15) is 15.9 Å². The van der Waals surface area contributed by atoms with Gasteiger partial charge in [0.2, 0.25) is 0 Å². The molecule has 21 heavy (non-hydrogen) atoms. The van der Waals surface area contributed by atoms with Crippen molar-refractivity contribution in [3.05, 3.63) is 61.2 Å². The van der Waals surface area contributed by atoms with Crippen LogP contribution in [0.2, 0.25) is 0 Å². The molecule has 0 saturated heterocycles. The van der Waals surface area contributed by atoms with Crippen molar-refractivity contribution in [2.24, 2.45) is 0 Å². The summed E-state index contributed by atoms with van der Waals surface area (Å²) in [6, 6.07) is 9.14. The smallest absolute Gasteiger partial charge is 0.339 e. The molecule has 0 aliphatic carbocycles. The van der Waals surface area contributed by atoms with Gasteiger partial charge in [-0.3, -0.25) is 10.1 Å². The number of hydrogen-bond donors (Lipinski definition) is 1. The molecule has 0 aromatic heterocycles. The Morgan fingerprint density at radius 1 is 1.29 bits per heavy atom. The summed E-state index contributed by atoms with van der Waals surface area (Å²) in [5, 5.41) is 20.1. The summed E-state index contributed by atoms with van der Waals surface area (Å²) in [6.07, 6.45) is 0. The lowest BCUT2D eigenvalue weighted by atomic mass is 10.1. The lowest BCUT2D eigenvalue weighted by molar-refractivity contribution is -0.385. The van der Waals surface area contributed by atoms with Crippen molar-refractivity contribution in [1.82, 2.24) is 0 Å². The Labute approximate surface area is 133 Å². The molecule has 0 atom stereocenters. The molecule has 0 spiro atoms. The maximum Gasteiger partial charge on any atom is 0.339 e. The molecule has 2 aromatic carbocycles. The number of ether oxygens (including phenoxy) is 1. The summed E-state index contributed by atoms with van der Waals surface area (Å²) in [7, 11) is 0. The fraction of sp³-hybridized carbons (Fsp3) is 0.0714. The van der Waals surface area contributed by atoms with Gasteiger partial charge in [0.15, 0.2) is 0 Å². The van der Waals surface area contributed by atoms with Gasteiger partial charge in [0.25, 0.3) is 5.69 Å². The highest BCUT2D eigenvalue weighted by Crippen LogP contribution is 2.33. The van der Waals surface area contributed by atoms with Crippen molar-refractivity contribution in [3.63, 3.8) is 0 Å². The molecule has 1 N–H and O–H groups in total. The third-order valence-corrected chi connectivity index (χ3v) is 3.52. The van der Waals surface area contributed by atoms with Gasteiger partial charge in [-0.2, -0.15) is 0 Å². The molecule has 6 nitrogen and oxygen atoms in total. The lowest BCUT2D eigenvalue weighted by Crippen LogP contribution is -2.01. The second kappa shape index (κ2) is 6.08. The van der Waals surface area contributed by atoms with E-state index in [1.807, 2.05) is 22.6 Å². The second-order valence-electron chi connectivity index (χ2n) is 4.21. The molecule has 0 bridgehead atoms. The van der Waals surface area contributed by atoms with Gasteiger partial charge in [-0.1, -0.05) is 6.07 Å². The van der Waals surface area contributed by atoms with E-state index in [0.29, 0.717) is 5.56 Å². The van der Waals surface area contributed by atoms with Crippen LogP contribution in [0.15, 0.2) is 36.4 Å². The van der Waals surface area contributed by atoms with E-state index in [1.165, 1.54) is 24.3 Å². The highest BCUT2D eigenvalue weighted by Gasteiger charge is 2.17. The highest BCUT2D eigenvalue weighted by atomic mass is 127. The molecule has 0 aliphatic rings. The number of aromatic carboxylic acids is 1. The molecule has 0 aliphatic heterocycles. The van der Waals surface area contributed by atoms with Gasteiger partial charge < -0.3 is 9.84 Å². The summed E-state index contributed by atoms with van der Waals surface area (Å²) in [5.74, 6) is -0.717. The largest absolute Gasteiger partial charge is 0.478 e. The molecule has 0 radical (unpaired) electrons. The van der Waals surface area contributed by atoms with Gasteiger partial charge in [-0.25, -0.2) is 4.79 Å². The average Bonchev–Trinajstić information content (AvgIpc) is 2.42. The van der Waals surface area contributed by atoms with Crippen LogP contribution >= 0.6 is 22.6 Å². The van der Waals surface area contributed by atoms with Crippen LogP contribution in [0.4, 0.5) is 5.69 Å². The zero-order valence-electron chi connectivity index (χ0n) is 10.9. The van der Waals surface area contributed by atoms with Gasteiger partial charge in [-0.05, 0) is 53.8 Å². The molecule has 0 fully saturated rings. The van der Waals surface area contributed by atoms with E-state index in [2.05, 4.69) is 0 Å². The number of rotatable bonds is 4. The maximum atomic E-state index is 11.2. The van der Waals surface area contributed by atoms with Crippen molar-refractivity contribution in [2.45, 2.75) is 6.92 Å². The fourth-order valence-corrected chi connectivity index (χ4v) is 2.28. The number of carboxylic acids is 1. The summed E-state index contributed by atoms with van der Waals surface area (Å²) >= 11 is 2.00. The molecule has 0 unspecified atom stereocenters. The molecule has 2 aromatic rings. The van der Waals surface area contributed by atoms with Gasteiger partial charge >= 0.3 is 5.97 Å². The molecule has 0 amide bonds. The molecule has 0 saturated carbocycles. The number of halogens is 1. The third-order valence-electron chi connectivity index (χ3n) is 2.84. The summed E-state index contributed by atoms with van der Waals surface area (Å²) in [6.45, 7) is 1.56. The monoisotopic (exact) mass is 399 g/mol. The Hall–Kier alpha value is -2.16. The number of nitro groups is 1. The van der Waals surface area contributed by atoms with Crippen LogP contribution in [-0.2, 0) is 0 Å². The number of carbonyl (C=O) groups is 1. The fourth-order valence-electron chi connectivity index (χ4n) is 1.79. The first kappa shape index (κ1) is 15.2. The van der Waals surface area contributed by atoms with Crippen LogP contribution in [0.25, 0.3) is 0 Å². The van der Waals surface area contributed by atoms with E-state index in [-0.39, 0.29) is 22.7 Å². The molecule has 0 heterocycles. The average molecular weight is 399 g/mol. The highest BCUT2D eigenvalue weighted by molar-refractivity contribution is 14.1. The van der Waals surface area contributed by atoms with Gasteiger partial charge in [0.05, 0.1) is 10.5 Å². The standard InChI is InChI=1S/C14H10INO5/c1-8-11(16(19)20)3-2-4-12(8)21-13-6-5-9(15)7-10(13)14(17)18/h2-7H,1H3,(H,17,18). The number of hydrogen-bond acceptors (Lipinski definition) is 4. The van der Waals surface area contributed by atoms with Crippen molar-refractivity contribution in [2.75, 3.05) is 0 Å². The van der Waals surface area contributed by atoms with E-state index < -0.39 is 10.9 Å². The SMILES string of the molecule is Cc1c(Oc2ccc(I)cc2C(=O)O)cccc1[N+](=O)[O-]. The van der Waals surface area contributed by atoms with Crippen LogP contribution < -0.4 is 4.74 Å². The van der Waals surface area contributed by atoms with Crippen molar-refractivity contribution in [3.8, 4) is 11.5 Å². The quantitative estimate of drug-likeness (QED) is 0.477. The maximum absolute atomic E-state index is 11.2. The first-order valence-corrected chi connectivity index (χ1v) is 6.92. The molecular formula is C14H10INO5. The Morgan fingerprint density at radius 2 is 2.00 bits per heavy atom. The zero-order chi connectivity index (χ0) is 15.6. The van der Waals surface area contributed by atoms with Crippen LogP contribution in [-0.4, -0.2) is 16.0 Å². The van der Waals surface area contributed by atoms with E-state index in [9.17, 15) is 20.0 Å².